The molecule has 2 rings (SSSR count). The van der Waals surface area contributed by atoms with Gasteiger partial charge in [0.15, 0.2) is 0 Å². The Morgan fingerprint density at radius 2 is 2.05 bits per heavy atom. The molecule has 5 heteroatoms. The Morgan fingerprint density at radius 1 is 1.24 bits per heavy atom. The smallest absolute Gasteiger partial charge is 0.0900 e. The third kappa shape index (κ3) is 5.18. The van der Waals surface area contributed by atoms with Gasteiger partial charge in [0.05, 0.1) is 25.4 Å². The monoisotopic (exact) mass is 300 g/mol. The van der Waals surface area contributed by atoms with Gasteiger partial charge >= 0.3 is 0 Å². The van der Waals surface area contributed by atoms with E-state index in [1.807, 2.05) is 6.92 Å². The van der Waals surface area contributed by atoms with Crippen molar-refractivity contribution in [2.45, 2.75) is 57.4 Å². The van der Waals surface area contributed by atoms with Crippen LogP contribution in [0.15, 0.2) is 0 Å². The standard InChI is InChI=1S/C16H32N2O3/c1-13-8-17-7-5-4-6-15(17)9-18(13)10-16(19)12-21-14(2)11-20-3/h13-16,19H,4-12H2,1-3H3. The molecule has 1 N–H and O–H groups in total. The molecule has 21 heavy (non-hydrogen) atoms. The van der Waals surface area contributed by atoms with E-state index in [0.29, 0.717) is 31.8 Å². The Morgan fingerprint density at radius 3 is 2.81 bits per heavy atom. The van der Waals surface area contributed by atoms with Crippen LogP contribution in [0.5, 0.6) is 0 Å². The highest BCUT2D eigenvalue weighted by Gasteiger charge is 2.33. The molecule has 0 aliphatic carbocycles. The number of hydrogen-bond donors (Lipinski definition) is 1. The van der Waals surface area contributed by atoms with E-state index in [0.717, 1.165) is 13.1 Å². The van der Waals surface area contributed by atoms with Gasteiger partial charge in [0.25, 0.3) is 0 Å². The van der Waals surface area contributed by atoms with E-state index in [1.165, 1.54) is 25.8 Å². The van der Waals surface area contributed by atoms with Crippen LogP contribution in [0, 0.1) is 0 Å². The predicted octanol–water partition coefficient (Wildman–Crippen LogP) is 0.957. The molecule has 2 saturated heterocycles. The highest BCUT2D eigenvalue weighted by atomic mass is 16.5. The zero-order chi connectivity index (χ0) is 15.2. The first-order valence-corrected chi connectivity index (χ1v) is 8.36. The molecule has 4 unspecified atom stereocenters. The average Bonchev–Trinajstić information content (AvgIpc) is 2.46. The number of ether oxygens (including phenoxy) is 2. The fraction of sp³-hybridized carbons (Fsp3) is 1.00. The molecule has 0 saturated carbocycles. The van der Waals surface area contributed by atoms with Gasteiger partial charge in [0, 0.05) is 38.8 Å². The summed E-state index contributed by atoms with van der Waals surface area (Å²) in [4.78, 5) is 5.07. The van der Waals surface area contributed by atoms with Gasteiger partial charge in [-0.05, 0) is 33.2 Å². The van der Waals surface area contributed by atoms with E-state index in [1.54, 1.807) is 7.11 Å². The van der Waals surface area contributed by atoms with Crippen molar-refractivity contribution in [3.8, 4) is 0 Å². The van der Waals surface area contributed by atoms with Crippen LogP contribution in [0.3, 0.4) is 0 Å². The first kappa shape index (κ1) is 17.2. The second-order valence-corrected chi connectivity index (χ2v) is 6.70. The van der Waals surface area contributed by atoms with E-state index >= 15 is 0 Å². The molecule has 2 heterocycles. The lowest BCUT2D eigenvalue weighted by Crippen LogP contribution is -2.60. The van der Waals surface area contributed by atoms with E-state index in [9.17, 15) is 5.11 Å². The molecule has 2 aliphatic heterocycles. The number of nitrogens with zero attached hydrogens (tertiary/aromatic N) is 2. The quantitative estimate of drug-likeness (QED) is 0.759. The van der Waals surface area contributed by atoms with Crippen molar-refractivity contribution in [1.82, 2.24) is 9.80 Å². The first-order chi connectivity index (χ1) is 10.1. The van der Waals surface area contributed by atoms with Crippen LogP contribution in [0.1, 0.15) is 33.1 Å². The summed E-state index contributed by atoms with van der Waals surface area (Å²) in [7, 11) is 1.67. The van der Waals surface area contributed by atoms with E-state index in [2.05, 4.69) is 16.7 Å². The van der Waals surface area contributed by atoms with E-state index in [4.69, 9.17) is 9.47 Å². The number of methoxy groups -OCH3 is 1. The summed E-state index contributed by atoms with van der Waals surface area (Å²) < 4.78 is 10.7. The molecule has 2 fully saturated rings. The van der Waals surface area contributed by atoms with Gasteiger partial charge in [0.2, 0.25) is 0 Å². The van der Waals surface area contributed by atoms with Gasteiger partial charge < -0.3 is 14.6 Å². The molecule has 0 bridgehead atoms. The Hall–Kier alpha value is -0.200. The third-order valence-corrected chi connectivity index (χ3v) is 4.74. The van der Waals surface area contributed by atoms with Crippen LogP contribution in [0.2, 0.25) is 0 Å². The molecule has 0 aromatic rings. The molecule has 124 valence electrons. The van der Waals surface area contributed by atoms with E-state index < -0.39 is 6.10 Å². The SMILES string of the molecule is COCC(C)OCC(O)CN1CC2CCCCN2CC1C. The summed E-state index contributed by atoms with van der Waals surface area (Å²) in [6, 6.07) is 1.21. The molecule has 0 amide bonds. The summed E-state index contributed by atoms with van der Waals surface area (Å²) in [6.07, 6.45) is 3.63. The van der Waals surface area contributed by atoms with Crippen molar-refractivity contribution in [3.05, 3.63) is 0 Å². The zero-order valence-electron chi connectivity index (χ0n) is 13.8. The van der Waals surface area contributed by atoms with Gasteiger partial charge in [-0.15, -0.1) is 0 Å². The van der Waals surface area contributed by atoms with Gasteiger partial charge in [-0.2, -0.15) is 0 Å². The fourth-order valence-corrected chi connectivity index (χ4v) is 3.55. The molecular weight excluding hydrogens is 268 g/mol. The number of aliphatic hydroxyl groups is 1. The molecule has 2 aliphatic rings. The molecule has 5 nitrogen and oxygen atoms in total. The van der Waals surface area contributed by atoms with Crippen molar-refractivity contribution < 1.29 is 14.6 Å². The Balaban J connectivity index is 1.73. The second kappa shape index (κ2) is 8.44. The minimum absolute atomic E-state index is 0.0391. The van der Waals surface area contributed by atoms with Crippen molar-refractivity contribution in [3.63, 3.8) is 0 Å². The first-order valence-electron chi connectivity index (χ1n) is 8.36. The fourth-order valence-electron chi connectivity index (χ4n) is 3.55. The largest absolute Gasteiger partial charge is 0.389 e. The Labute approximate surface area is 129 Å². The van der Waals surface area contributed by atoms with Crippen molar-refractivity contribution in [1.29, 1.82) is 0 Å². The number of piperidine rings is 1. The van der Waals surface area contributed by atoms with Gasteiger partial charge in [-0.3, -0.25) is 9.80 Å². The van der Waals surface area contributed by atoms with Crippen LogP contribution in [0.25, 0.3) is 0 Å². The number of fused-ring (bicyclic) bond motifs is 1. The van der Waals surface area contributed by atoms with Crippen LogP contribution in [0.4, 0.5) is 0 Å². The molecule has 0 radical (unpaired) electrons. The highest BCUT2D eigenvalue weighted by molar-refractivity contribution is 4.89. The van der Waals surface area contributed by atoms with Crippen LogP contribution in [-0.4, -0.2) is 85.7 Å². The number of aliphatic hydroxyl groups excluding tert-OH is 1. The lowest BCUT2D eigenvalue weighted by atomic mass is 9.97. The lowest BCUT2D eigenvalue weighted by Gasteiger charge is -2.48. The van der Waals surface area contributed by atoms with Gasteiger partial charge in [0.1, 0.15) is 0 Å². The van der Waals surface area contributed by atoms with Crippen LogP contribution in [-0.2, 0) is 9.47 Å². The average molecular weight is 300 g/mol. The maximum absolute atomic E-state index is 10.2. The Bertz CT molecular complexity index is 303. The lowest BCUT2D eigenvalue weighted by molar-refractivity contribution is -0.0559. The molecule has 0 aromatic heterocycles. The van der Waals surface area contributed by atoms with Gasteiger partial charge in [-0.1, -0.05) is 6.42 Å². The predicted molar refractivity (Wildman–Crippen MR) is 83.5 cm³/mol. The van der Waals surface area contributed by atoms with Crippen molar-refractivity contribution >= 4 is 0 Å². The third-order valence-electron chi connectivity index (χ3n) is 4.74. The molecule has 0 aromatic carbocycles. The van der Waals surface area contributed by atoms with Gasteiger partial charge in [-0.25, -0.2) is 0 Å². The van der Waals surface area contributed by atoms with Crippen molar-refractivity contribution in [2.75, 3.05) is 46.5 Å². The topological polar surface area (TPSA) is 45.2 Å². The number of rotatable bonds is 7. The molecular formula is C16H32N2O3. The van der Waals surface area contributed by atoms with E-state index in [-0.39, 0.29) is 6.10 Å². The summed E-state index contributed by atoms with van der Waals surface area (Å²) in [5, 5.41) is 10.2. The molecule has 0 spiro atoms. The maximum atomic E-state index is 10.2. The van der Waals surface area contributed by atoms with Crippen molar-refractivity contribution in [2.24, 2.45) is 0 Å². The molecule has 4 atom stereocenters. The Kier molecular flexibility index (Phi) is 6.89. The zero-order valence-corrected chi connectivity index (χ0v) is 13.8. The van der Waals surface area contributed by atoms with Crippen LogP contribution < -0.4 is 0 Å². The number of β-amino-alcohol motifs (C(OH)–C–C–N with tert-alkyl or cyclic N) is 1. The second-order valence-electron chi connectivity index (χ2n) is 6.70. The minimum atomic E-state index is -0.415. The summed E-state index contributed by atoms with van der Waals surface area (Å²) >= 11 is 0. The number of piperazine rings is 1. The summed E-state index contributed by atoms with van der Waals surface area (Å²) in [5.74, 6) is 0. The van der Waals surface area contributed by atoms with Crippen LogP contribution >= 0.6 is 0 Å². The highest BCUT2D eigenvalue weighted by Crippen LogP contribution is 2.24. The summed E-state index contributed by atoms with van der Waals surface area (Å²) in [6.45, 7) is 9.40. The summed E-state index contributed by atoms with van der Waals surface area (Å²) in [5.41, 5.74) is 0. The number of hydrogen-bond acceptors (Lipinski definition) is 5. The maximum Gasteiger partial charge on any atom is 0.0900 e. The minimum Gasteiger partial charge on any atom is -0.389 e. The normalized spacial score (nSPS) is 30.9.